The standard InChI is InChI=1S/C13H14F4N2O/c14-10-3-1-2-9(6-10)7-19-11(20)12(13(15,16)17)4-5-18-8-12/h1-3,6,18H,4-5,7-8H2,(H,19,20). The molecular weight excluding hydrogens is 276 g/mol. The summed E-state index contributed by atoms with van der Waals surface area (Å²) in [7, 11) is 0. The molecule has 1 saturated heterocycles. The van der Waals surface area contributed by atoms with E-state index in [2.05, 4.69) is 10.6 Å². The Bertz CT molecular complexity index is 495. The average Bonchev–Trinajstić information content (AvgIpc) is 2.86. The minimum Gasteiger partial charge on any atom is -0.351 e. The molecule has 1 amide bonds. The summed E-state index contributed by atoms with van der Waals surface area (Å²) in [4.78, 5) is 11.9. The lowest BCUT2D eigenvalue weighted by molar-refractivity contribution is -0.216. The third-order valence-corrected chi connectivity index (χ3v) is 3.47. The predicted octanol–water partition coefficient (Wildman–Crippen LogP) is 1.98. The SMILES string of the molecule is O=C(NCc1cccc(F)c1)C1(C(F)(F)F)CCNC1. The topological polar surface area (TPSA) is 41.1 Å². The lowest BCUT2D eigenvalue weighted by Crippen LogP contribution is -2.52. The van der Waals surface area contributed by atoms with E-state index in [0.29, 0.717) is 5.56 Å². The first kappa shape index (κ1) is 14.8. The molecule has 1 fully saturated rings. The number of hydrogen-bond donors (Lipinski definition) is 2. The van der Waals surface area contributed by atoms with Gasteiger partial charge in [-0.3, -0.25) is 4.79 Å². The Kier molecular flexibility index (Phi) is 3.99. The van der Waals surface area contributed by atoms with Crippen molar-refractivity contribution in [1.82, 2.24) is 10.6 Å². The van der Waals surface area contributed by atoms with Crippen LogP contribution in [0.5, 0.6) is 0 Å². The molecule has 0 radical (unpaired) electrons. The molecule has 1 aliphatic heterocycles. The number of carbonyl (C=O) groups excluding carboxylic acids is 1. The number of benzene rings is 1. The molecule has 1 aromatic rings. The summed E-state index contributed by atoms with van der Waals surface area (Å²) >= 11 is 0. The molecule has 0 aromatic heterocycles. The van der Waals surface area contributed by atoms with Gasteiger partial charge in [0.1, 0.15) is 5.82 Å². The van der Waals surface area contributed by atoms with Crippen LogP contribution in [0.1, 0.15) is 12.0 Å². The molecule has 20 heavy (non-hydrogen) atoms. The molecule has 1 heterocycles. The van der Waals surface area contributed by atoms with Crippen LogP contribution in [0.4, 0.5) is 17.6 Å². The summed E-state index contributed by atoms with van der Waals surface area (Å²) in [5.74, 6) is -1.57. The van der Waals surface area contributed by atoms with Gasteiger partial charge in [-0.15, -0.1) is 0 Å². The van der Waals surface area contributed by atoms with E-state index >= 15 is 0 Å². The van der Waals surface area contributed by atoms with Gasteiger partial charge in [0, 0.05) is 13.1 Å². The maximum atomic E-state index is 13.1. The molecule has 110 valence electrons. The molecule has 1 aliphatic rings. The zero-order valence-corrected chi connectivity index (χ0v) is 10.6. The third kappa shape index (κ3) is 2.77. The van der Waals surface area contributed by atoms with Crippen LogP contribution >= 0.6 is 0 Å². The average molecular weight is 290 g/mol. The summed E-state index contributed by atoms with van der Waals surface area (Å²) in [5, 5.41) is 4.82. The van der Waals surface area contributed by atoms with Crippen molar-refractivity contribution in [2.75, 3.05) is 13.1 Å². The fraction of sp³-hybridized carbons (Fsp3) is 0.462. The number of hydrogen-bond acceptors (Lipinski definition) is 2. The molecule has 0 saturated carbocycles. The highest BCUT2D eigenvalue weighted by molar-refractivity contribution is 5.84. The molecule has 7 heteroatoms. The second-order valence-electron chi connectivity index (χ2n) is 4.82. The van der Waals surface area contributed by atoms with Crippen LogP contribution in [-0.4, -0.2) is 25.2 Å². The molecule has 1 aromatic carbocycles. The van der Waals surface area contributed by atoms with Crippen LogP contribution in [0.2, 0.25) is 0 Å². The van der Waals surface area contributed by atoms with Crippen molar-refractivity contribution in [3.63, 3.8) is 0 Å². The molecule has 0 spiro atoms. The summed E-state index contributed by atoms with van der Waals surface area (Å²) in [6, 6.07) is 5.38. The summed E-state index contributed by atoms with van der Waals surface area (Å²) in [6.07, 6.45) is -4.89. The van der Waals surface area contributed by atoms with Crippen LogP contribution in [0.3, 0.4) is 0 Å². The predicted molar refractivity (Wildman–Crippen MR) is 64.2 cm³/mol. The van der Waals surface area contributed by atoms with E-state index < -0.39 is 29.9 Å². The highest BCUT2D eigenvalue weighted by Gasteiger charge is 2.61. The Morgan fingerprint density at radius 1 is 1.40 bits per heavy atom. The van der Waals surface area contributed by atoms with Gasteiger partial charge in [-0.05, 0) is 30.7 Å². The summed E-state index contributed by atoms with van der Waals surface area (Å²) in [6.45, 7) is -0.410. The van der Waals surface area contributed by atoms with Crippen molar-refractivity contribution in [1.29, 1.82) is 0 Å². The lowest BCUT2D eigenvalue weighted by atomic mass is 9.85. The van der Waals surface area contributed by atoms with Gasteiger partial charge in [-0.1, -0.05) is 12.1 Å². The fourth-order valence-electron chi connectivity index (χ4n) is 2.25. The first-order chi connectivity index (χ1) is 9.35. The fourth-order valence-corrected chi connectivity index (χ4v) is 2.25. The molecule has 1 unspecified atom stereocenters. The summed E-state index contributed by atoms with van der Waals surface area (Å²) in [5.41, 5.74) is -1.97. The molecular formula is C13H14F4N2O. The van der Waals surface area contributed by atoms with Crippen molar-refractivity contribution < 1.29 is 22.4 Å². The number of carbonyl (C=O) groups is 1. The van der Waals surface area contributed by atoms with Gasteiger partial charge in [-0.2, -0.15) is 13.2 Å². The Labute approximate surface area is 113 Å². The van der Waals surface area contributed by atoms with Gasteiger partial charge in [-0.25, -0.2) is 4.39 Å². The smallest absolute Gasteiger partial charge is 0.351 e. The van der Waals surface area contributed by atoms with Crippen molar-refractivity contribution in [3.8, 4) is 0 Å². The van der Waals surface area contributed by atoms with E-state index in [1.165, 1.54) is 24.3 Å². The van der Waals surface area contributed by atoms with Crippen molar-refractivity contribution in [3.05, 3.63) is 35.6 Å². The second kappa shape index (κ2) is 5.40. The van der Waals surface area contributed by atoms with Crippen LogP contribution < -0.4 is 10.6 Å². The highest BCUT2D eigenvalue weighted by atomic mass is 19.4. The minimum absolute atomic E-state index is 0.131. The monoisotopic (exact) mass is 290 g/mol. The van der Waals surface area contributed by atoms with E-state index in [1.807, 2.05) is 0 Å². The minimum atomic E-state index is -4.61. The van der Waals surface area contributed by atoms with Crippen LogP contribution in [0.25, 0.3) is 0 Å². The van der Waals surface area contributed by atoms with E-state index in [9.17, 15) is 22.4 Å². The first-order valence-electron chi connectivity index (χ1n) is 6.15. The Balaban J connectivity index is 2.07. The Hall–Kier alpha value is -1.63. The Morgan fingerprint density at radius 2 is 2.15 bits per heavy atom. The molecule has 1 atom stereocenters. The first-order valence-corrected chi connectivity index (χ1v) is 6.15. The zero-order chi connectivity index (χ0) is 14.8. The van der Waals surface area contributed by atoms with E-state index in [0.717, 1.165) is 0 Å². The number of alkyl halides is 3. The van der Waals surface area contributed by atoms with Crippen molar-refractivity contribution >= 4 is 5.91 Å². The van der Waals surface area contributed by atoms with Gasteiger partial charge < -0.3 is 10.6 Å². The maximum Gasteiger partial charge on any atom is 0.404 e. The second-order valence-corrected chi connectivity index (χ2v) is 4.82. The van der Waals surface area contributed by atoms with Crippen molar-refractivity contribution in [2.24, 2.45) is 5.41 Å². The highest BCUT2D eigenvalue weighted by Crippen LogP contribution is 2.43. The molecule has 3 nitrogen and oxygen atoms in total. The normalized spacial score (nSPS) is 22.8. The third-order valence-electron chi connectivity index (χ3n) is 3.47. The number of halogens is 4. The van der Waals surface area contributed by atoms with Gasteiger partial charge in [0.05, 0.1) is 0 Å². The van der Waals surface area contributed by atoms with Gasteiger partial charge in [0.15, 0.2) is 5.41 Å². The van der Waals surface area contributed by atoms with Gasteiger partial charge >= 0.3 is 6.18 Å². The number of amides is 1. The largest absolute Gasteiger partial charge is 0.404 e. The molecule has 0 bridgehead atoms. The number of nitrogens with one attached hydrogen (secondary N) is 2. The van der Waals surface area contributed by atoms with Crippen LogP contribution in [0, 0.1) is 11.2 Å². The Morgan fingerprint density at radius 3 is 2.70 bits per heavy atom. The van der Waals surface area contributed by atoms with Crippen LogP contribution in [-0.2, 0) is 11.3 Å². The molecule has 2 N–H and O–H groups in total. The van der Waals surface area contributed by atoms with E-state index in [-0.39, 0.29) is 19.5 Å². The van der Waals surface area contributed by atoms with E-state index in [1.54, 1.807) is 0 Å². The zero-order valence-electron chi connectivity index (χ0n) is 10.6. The number of rotatable bonds is 3. The van der Waals surface area contributed by atoms with Gasteiger partial charge in [0.2, 0.25) is 5.91 Å². The van der Waals surface area contributed by atoms with E-state index in [4.69, 9.17) is 0 Å². The maximum absolute atomic E-state index is 13.1. The van der Waals surface area contributed by atoms with Gasteiger partial charge in [0.25, 0.3) is 0 Å². The summed E-state index contributed by atoms with van der Waals surface area (Å²) < 4.78 is 52.2. The molecule has 2 rings (SSSR count). The molecule has 0 aliphatic carbocycles. The van der Waals surface area contributed by atoms with Crippen LogP contribution in [0.15, 0.2) is 24.3 Å². The van der Waals surface area contributed by atoms with Crippen molar-refractivity contribution in [2.45, 2.75) is 19.1 Å². The lowest BCUT2D eigenvalue weighted by Gasteiger charge is -2.29. The quantitative estimate of drug-likeness (QED) is 0.836.